The van der Waals surface area contributed by atoms with Gasteiger partial charge in [0, 0.05) is 11.6 Å². The van der Waals surface area contributed by atoms with Crippen molar-refractivity contribution in [2.45, 2.75) is 26.4 Å². The van der Waals surface area contributed by atoms with Crippen LogP contribution in [0.25, 0.3) is 0 Å². The molecule has 1 atom stereocenters. The molecule has 3 rings (SSSR count). The molecule has 0 aromatic heterocycles. The lowest BCUT2D eigenvalue weighted by Gasteiger charge is -2.31. The molecule has 1 aromatic rings. The quantitative estimate of drug-likeness (QED) is 0.440. The van der Waals surface area contributed by atoms with E-state index < -0.39 is 34.6 Å². The predicted molar refractivity (Wildman–Crippen MR) is 105 cm³/mol. The summed E-state index contributed by atoms with van der Waals surface area (Å²) in [5, 5.41) is 19.7. The monoisotopic (exact) mass is 412 g/mol. The zero-order chi connectivity index (χ0) is 22.2. The minimum Gasteiger partial charge on any atom is -0.504 e. The van der Waals surface area contributed by atoms with Crippen molar-refractivity contribution in [3.8, 4) is 17.2 Å². The smallest absolute Gasteiger partial charge is 0.343 e. The number of ketones is 2. The summed E-state index contributed by atoms with van der Waals surface area (Å²) in [6.45, 7) is 4.35. The van der Waals surface area contributed by atoms with Gasteiger partial charge in [0.05, 0.1) is 12.7 Å². The number of benzene rings is 1. The van der Waals surface area contributed by atoms with E-state index in [1.165, 1.54) is 39.4 Å². The fourth-order valence-corrected chi connectivity index (χ4v) is 3.17. The lowest BCUT2D eigenvalue weighted by atomic mass is 9.80. The first kappa shape index (κ1) is 20.9. The van der Waals surface area contributed by atoms with Crippen molar-refractivity contribution >= 4 is 17.5 Å². The average Bonchev–Trinajstić information content (AvgIpc) is 2.70. The Bertz CT molecular complexity index is 1090. The number of rotatable bonds is 4. The number of allylic oxidation sites excluding steroid dienone is 4. The maximum Gasteiger partial charge on any atom is 0.343 e. The average molecular weight is 412 g/mol. The van der Waals surface area contributed by atoms with Gasteiger partial charge in [0.1, 0.15) is 23.3 Å². The van der Waals surface area contributed by atoms with E-state index in [-0.39, 0.29) is 22.4 Å². The lowest BCUT2D eigenvalue weighted by Crippen LogP contribution is -2.50. The zero-order valence-electron chi connectivity index (χ0n) is 16.8. The van der Waals surface area contributed by atoms with Crippen LogP contribution in [0.4, 0.5) is 0 Å². The SMILES string of the molecule is C/C=C/C1=CC2=CC(=O)[C@](C)(OC(=O)c3c(OC)cc(O)c(O)c3C)C(=O)C2=CO1. The summed E-state index contributed by atoms with van der Waals surface area (Å²) in [4.78, 5) is 38.7. The van der Waals surface area contributed by atoms with Gasteiger partial charge in [0.15, 0.2) is 11.5 Å². The van der Waals surface area contributed by atoms with Gasteiger partial charge in [0.2, 0.25) is 17.2 Å². The molecular formula is C22H20O8. The highest BCUT2D eigenvalue weighted by atomic mass is 16.6. The summed E-state index contributed by atoms with van der Waals surface area (Å²) in [6, 6.07) is 1.04. The van der Waals surface area contributed by atoms with Crippen molar-refractivity contribution < 1.29 is 38.8 Å². The van der Waals surface area contributed by atoms with E-state index in [0.717, 1.165) is 6.07 Å². The maximum absolute atomic E-state index is 13.0. The molecule has 0 spiro atoms. The second kappa shape index (κ2) is 7.55. The van der Waals surface area contributed by atoms with Crippen LogP contribution in [0, 0.1) is 6.92 Å². The van der Waals surface area contributed by atoms with Crippen LogP contribution in [0.2, 0.25) is 0 Å². The van der Waals surface area contributed by atoms with Gasteiger partial charge in [-0.1, -0.05) is 6.08 Å². The fraction of sp³-hybridized carbons (Fsp3) is 0.227. The van der Waals surface area contributed by atoms with Gasteiger partial charge in [-0.25, -0.2) is 4.79 Å². The van der Waals surface area contributed by atoms with E-state index in [0.29, 0.717) is 11.3 Å². The van der Waals surface area contributed by atoms with E-state index in [4.69, 9.17) is 14.2 Å². The molecule has 156 valence electrons. The van der Waals surface area contributed by atoms with Crippen molar-refractivity contribution in [1.29, 1.82) is 0 Å². The van der Waals surface area contributed by atoms with Gasteiger partial charge in [-0.05, 0) is 44.6 Å². The summed E-state index contributed by atoms with van der Waals surface area (Å²) in [6.07, 6.45) is 7.37. The number of phenols is 2. The Balaban J connectivity index is 2.00. The number of Topliss-reactive ketones (excluding diaryl/α,β-unsaturated/α-hetero) is 1. The number of phenolic OH excluding ortho intramolecular Hbond substituents is 2. The first-order chi connectivity index (χ1) is 14.1. The Kier molecular flexibility index (Phi) is 5.26. The molecule has 2 aliphatic rings. The lowest BCUT2D eigenvalue weighted by molar-refractivity contribution is -0.145. The molecule has 0 radical (unpaired) electrons. The molecule has 2 N–H and O–H groups in total. The molecule has 1 heterocycles. The van der Waals surface area contributed by atoms with Crippen LogP contribution in [-0.4, -0.2) is 40.5 Å². The van der Waals surface area contributed by atoms with Crippen molar-refractivity contribution in [3.63, 3.8) is 0 Å². The first-order valence-electron chi connectivity index (χ1n) is 8.99. The topological polar surface area (TPSA) is 119 Å². The normalized spacial score (nSPS) is 20.7. The molecule has 0 saturated carbocycles. The number of hydrogen-bond donors (Lipinski definition) is 2. The van der Waals surface area contributed by atoms with Gasteiger partial charge in [-0.3, -0.25) is 9.59 Å². The number of aromatic hydroxyl groups is 2. The molecule has 0 amide bonds. The molecule has 0 fully saturated rings. The highest BCUT2D eigenvalue weighted by Crippen LogP contribution is 2.39. The van der Waals surface area contributed by atoms with Crippen molar-refractivity contribution in [1.82, 2.24) is 0 Å². The molecule has 1 aromatic carbocycles. The van der Waals surface area contributed by atoms with Crippen LogP contribution in [0.5, 0.6) is 17.2 Å². The summed E-state index contributed by atoms with van der Waals surface area (Å²) in [5.41, 5.74) is -1.92. The Morgan fingerprint density at radius 2 is 1.93 bits per heavy atom. The molecule has 0 unspecified atom stereocenters. The highest BCUT2D eigenvalue weighted by Gasteiger charge is 2.50. The number of ether oxygens (including phenoxy) is 3. The van der Waals surface area contributed by atoms with Gasteiger partial charge >= 0.3 is 5.97 Å². The van der Waals surface area contributed by atoms with Crippen LogP contribution >= 0.6 is 0 Å². The molecule has 8 heteroatoms. The second-order valence-electron chi connectivity index (χ2n) is 6.86. The van der Waals surface area contributed by atoms with E-state index in [1.54, 1.807) is 19.1 Å². The number of esters is 1. The summed E-state index contributed by atoms with van der Waals surface area (Å²) in [5.74, 6) is -3.18. The molecular weight excluding hydrogens is 392 g/mol. The van der Waals surface area contributed by atoms with Crippen LogP contribution < -0.4 is 4.74 Å². The van der Waals surface area contributed by atoms with Gasteiger partial charge < -0.3 is 24.4 Å². The van der Waals surface area contributed by atoms with E-state index in [1.807, 2.05) is 0 Å². The number of methoxy groups -OCH3 is 1. The van der Waals surface area contributed by atoms with E-state index >= 15 is 0 Å². The van der Waals surface area contributed by atoms with Gasteiger partial charge in [-0.2, -0.15) is 0 Å². The fourth-order valence-electron chi connectivity index (χ4n) is 3.17. The van der Waals surface area contributed by atoms with Crippen LogP contribution in [-0.2, 0) is 19.1 Å². The van der Waals surface area contributed by atoms with E-state index in [9.17, 15) is 24.6 Å². The Morgan fingerprint density at radius 3 is 2.57 bits per heavy atom. The molecule has 0 bridgehead atoms. The number of carbonyl (C=O) groups excluding carboxylic acids is 3. The van der Waals surface area contributed by atoms with Crippen LogP contribution in [0.1, 0.15) is 29.8 Å². The first-order valence-corrected chi connectivity index (χ1v) is 8.99. The Labute approximate surface area is 172 Å². The molecule has 1 aliphatic heterocycles. The second-order valence-corrected chi connectivity index (χ2v) is 6.86. The summed E-state index contributed by atoms with van der Waals surface area (Å²) < 4.78 is 15.8. The molecule has 8 nitrogen and oxygen atoms in total. The third-order valence-electron chi connectivity index (χ3n) is 4.90. The molecule has 0 saturated heterocycles. The third kappa shape index (κ3) is 3.26. The summed E-state index contributed by atoms with van der Waals surface area (Å²) in [7, 11) is 1.26. The Morgan fingerprint density at radius 1 is 1.23 bits per heavy atom. The van der Waals surface area contributed by atoms with Gasteiger partial charge in [-0.15, -0.1) is 0 Å². The van der Waals surface area contributed by atoms with Crippen LogP contribution in [0.3, 0.4) is 0 Å². The standard InChI is InChI=1S/C22H20O8/c1-5-6-13-7-12-8-17(24)22(3,20(26)14(12)10-29-13)30-21(27)18-11(2)19(25)15(23)9-16(18)28-4/h5-10,23,25H,1-4H3/b6-5+/t22-/m0/s1. The minimum absolute atomic E-state index is 0.0217. The molecule has 1 aliphatic carbocycles. The number of hydrogen-bond acceptors (Lipinski definition) is 8. The minimum atomic E-state index is -2.13. The maximum atomic E-state index is 13.0. The third-order valence-corrected chi connectivity index (χ3v) is 4.90. The Hall–Kier alpha value is -3.81. The van der Waals surface area contributed by atoms with Gasteiger partial charge in [0.25, 0.3) is 0 Å². The van der Waals surface area contributed by atoms with E-state index in [2.05, 4.69) is 0 Å². The summed E-state index contributed by atoms with van der Waals surface area (Å²) >= 11 is 0. The number of fused-ring (bicyclic) bond motifs is 1. The van der Waals surface area contributed by atoms with Crippen LogP contribution in [0.15, 0.2) is 53.5 Å². The predicted octanol–water partition coefficient (Wildman–Crippen LogP) is 2.78. The highest BCUT2D eigenvalue weighted by molar-refractivity contribution is 6.26. The largest absolute Gasteiger partial charge is 0.504 e. The van der Waals surface area contributed by atoms with Crippen molar-refractivity contribution in [3.05, 3.63) is 64.7 Å². The number of carbonyl (C=O) groups is 3. The van der Waals surface area contributed by atoms with Crippen molar-refractivity contribution in [2.75, 3.05) is 7.11 Å². The van der Waals surface area contributed by atoms with Crippen molar-refractivity contribution in [2.24, 2.45) is 0 Å². The molecule has 30 heavy (non-hydrogen) atoms. The zero-order valence-corrected chi connectivity index (χ0v) is 16.8.